The summed E-state index contributed by atoms with van der Waals surface area (Å²) in [6.07, 6.45) is 4.64. The minimum absolute atomic E-state index is 0.0202. The van der Waals surface area contributed by atoms with E-state index in [1.165, 1.54) is 0 Å². The number of hydrogen-bond acceptors (Lipinski definition) is 2. The molecule has 122 valence electrons. The van der Waals surface area contributed by atoms with E-state index in [1.807, 2.05) is 18.7 Å². The Morgan fingerprint density at radius 1 is 1.14 bits per heavy atom. The molecule has 0 spiro atoms. The second-order valence-corrected chi connectivity index (χ2v) is 6.98. The van der Waals surface area contributed by atoms with Crippen LogP contribution in [0.2, 0.25) is 0 Å². The van der Waals surface area contributed by atoms with Crippen LogP contribution in [0, 0.1) is 5.92 Å². The number of aliphatic carboxylic acids is 1. The van der Waals surface area contributed by atoms with Gasteiger partial charge in [-0.1, -0.05) is 33.1 Å². The predicted octanol–water partition coefficient (Wildman–Crippen LogP) is 3.24. The van der Waals surface area contributed by atoms with Crippen LogP contribution in [-0.2, 0) is 4.79 Å². The molecule has 1 aliphatic rings. The van der Waals surface area contributed by atoms with Gasteiger partial charge in [0.25, 0.3) is 0 Å². The van der Waals surface area contributed by atoms with E-state index in [4.69, 9.17) is 0 Å². The Bertz CT molecular complexity index is 361. The van der Waals surface area contributed by atoms with E-state index in [1.54, 1.807) is 0 Å². The van der Waals surface area contributed by atoms with Gasteiger partial charge in [0.05, 0.1) is 12.0 Å². The Kier molecular flexibility index (Phi) is 6.49. The highest BCUT2D eigenvalue weighted by atomic mass is 16.4. The maximum absolute atomic E-state index is 12.6. The van der Waals surface area contributed by atoms with E-state index < -0.39 is 11.5 Å². The first kappa shape index (κ1) is 17.8. The smallest absolute Gasteiger partial charge is 0.318 e. The highest BCUT2D eigenvalue weighted by molar-refractivity contribution is 5.77. The van der Waals surface area contributed by atoms with Crippen molar-refractivity contribution in [3.8, 4) is 0 Å². The highest BCUT2D eigenvalue weighted by Crippen LogP contribution is 2.31. The second-order valence-electron chi connectivity index (χ2n) is 6.98. The van der Waals surface area contributed by atoms with Crippen LogP contribution in [0.15, 0.2) is 0 Å². The molecule has 0 heterocycles. The normalized spacial score (nSPS) is 17.8. The number of nitrogens with one attached hydrogen (secondary N) is 1. The van der Waals surface area contributed by atoms with Gasteiger partial charge in [0.2, 0.25) is 0 Å². The summed E-state index contributed by atoms with van der Waals surface area (Å²) in [5.41, 5.74) is -0.564. The van der Waals surface area contributed by atoms with Crippen LogP contribution in [0.5, 0.6) is 0 Å². The molecule has 5 heteroatoms. The van der Waals surface area contributed by atoms with Crippen LogP contribution in [0.25, 0.3) is 0 Å². The molecule has 2 N–H and O–H groups in total. The summed E-state index contributed by atoms with van der Waals surface area (Å²) in [5, 5.41) is 12.2. The maximum atomic E-state index is 12.6. The molecule has 0 aliphatic heterocycles. The lowest BCUT2D eigenvalue weighted by Gasteiger charge is -2.40. The summed E-state index contributed by atoms with van der Waals surface area (Å²) in [5.74, 6) is -0.447. The van der Waals surface area contributed by atoms with E-state index in [0.29, 0.717) is 12.5 Å². The van der Waals surface area contributed by atoms with Gasteiger partial charge in [-0.3, -0.25) is 4.79 Å². The molecule has 2 amide bonds. The third-order valence-electron chi connectivity index (χ3n) is 4.12. The third kappa shape index (κ3) is 5.56. The van der Waals surface area contributed by atoms with Crippen molar-refractivity contribution in [1.82, 2.24) is 10.2 Å². The number of carbonyl (C=O) groups excluding carboxylic acids is 1. The molecule has 1 fully saturated rings. The molecule has 0 saturated heterocycles. The van der Waals surface area contributed by atoms with Gasteiger partial charge in [-0.15, -0.1) is 0 Å². The molecule has 1 aliphatic carbocycles. The Hall–Kier alpha value is -1.26. The standard InChI is InChI=1S/C16H30N2O3/c1-12(2)11-18(13(3)4)15(21)17-16(10-14(19)20)8-6-5-7-9-16/h12-13H,5-11H2,1-4H3,(H,17,21)(H,19,20). The molecular weight excluding hydrogens is 268 g/mol. The van der Waals surface area contributed by atoms with Crippen molar-refractivity contribution in [3.05, 3.63) is 0 Å². The van der Waals surface area contributed by atoms with E-state index in [9.17, 15) is 14.7 Å². The zero-order valence-corrected chi connectivity index (χ0v) is 13.8. The minimum Gasteiger partial charge on any atom is -0.481 e. The lowest BCUT2D eigenvalue weighted by atomic mass is 9.79. The number of rotatable bonds is 6. The van der Waals surface area contributed by atoms with E-state index in [2.05, 4.69) is 19.2 Å². The molecule has 5 nitrogen and oxygen atoms in total. The summed E-state index contributed by atoms with van der Waals surface area (Å²) in [4.78, 5) is 25.6. The summed E-state index contributed by atoms with van der Waals surface area (Å²) in [6, 6.07) is -0.0141. The first-order valence-electron chi connectivity index (χ1n) is 8.06. The molecule has 1 rings (SSSR count). The van der Waals surface area contributed by atoms with Gasteiger partial charge in [-0.2, -0.15) is 0 Å². The fourth-order valence-corrected chi connectivity index (χ4v) is 3.08. The topological polar surface area (TPSA) is 69.6 Å². The van der Waals surface area contributed by atoms with Crippen LogP contribution in [0.1, 0.15) is 66.2 Å². The van der Waals surface area contributed by atoms with Gasteiger partial charge in [0.1, 0.15) is 0 Å². The summed E-state index contributed by atoms with van der Waals surface area (Å²) < 4.78 is 0. The van der Waals surface area contributed by atoms with Crippen molar-refractivity contribution >= 4 is 12.0 Å². The molecule has 0 atom stereocenters. The van der Waals surface area contributed by atoms with Crippen molar-refractivity contribution < 1.29 is 14.7 Å². The quantitative estimate of drug-likeness (QED) is 0.791. The Labute approximate surface area is 128 Å². The molecule has 0 bridgehead atoms. The van der Waals surface area contributed by atoms with Crippen LogP contribution in [0.3, 0.4) is 0 Å². The summed E-state index contributed by atoms with van der Waals surface area (Å²) >= 11 is 0. The van der Waals surface area contributed by atoms with Crippen molar-refractivity contribution in [3.63, 3.8) is 0 Å². The third-order valence-corrected chi connectivity index (χ3v) is 4.12. The first-order valence-corrected chi connectivity index (χ1v) is 8.06. The van der Waals surface area contributed by atoms with Gasteiger partial charge in [0, 0.05) is 12.6 Å². The minimum atomic E-state index is -0.836. The van der Waals surface area contributed by atoms with Gasteiger partial charge >= 0.3 is 12.0 Å². The zero-order valence-electron chi connectivity index (χ0n) is 13.8. The average molecular weight is 298 g/mol. The van der Waals surface area contributed by atoms with E-state index >= 15 is 0 Å². The monoisotopic (exact) mass is 298 g/mol. The number of carbonyl (C=O) groups is 2. The molecule has 0 aromatic heterocycles. The fraction of sp³-hybridized carbons (Fsp3) is 0.875. The largest absolute Gasteiger partial charge is 0.481 e. The maximum Gasteiger partial charge on any atom is 0.318 e. The number of nitrogens with zero attached hydrogens (tertiary/aromatic N) is 1. The van der Waals surface area contributed by atoms with Gasteiger partial charge < -0.3 is 15.3 Å². The predicted molar refractivity (Wildman–Crippen MR) is 83.3 cm³/mol. The second kappa shape index (κ2) is 7.66. The van der Waals surface area contributed by atoms with Gasteiger partial charge in [-0.05, 0) is 32.6 Å². The molecular formula is C16H30N2O3. The summed E-state index contributed by atoms with van der Waals surface area (Å²) in [7, 11) is 0. The zero-order chi connectivity index (χ0) is 16.0. The fourth-order valence-electron chi connectivity index (χ4n) is 3.08. The van der Waals surface area contributed by atoms with Crippen molar-refractivity contribution in [1.29, 1.82) is 0 Å². The molecule has 21 heavy (non-hydrogen) atoms. The number of carboxylic acid groups (broad SMARTS) is 1. The van der Waals surface area contributed by atoms with E-state index in [0.717, 1.165) is 32.1 Å². The number of hydrogen-bond donors (Lipinski definition) is 2. The number of amides is 2. The lowest BCUT2D eigenvalue weighted by molar-refractivity contribution is -0.139. The van der Waals surface area contributed by atoms with Crippen LogP contribution < -0.4 is 5.32 Å². The number of carboxylic acids is 1. The van der Waals surface area contributed by atoms with Crippen LogP contribution in [-0.4, -0.2) is 40.1 Å². The van der Waals surface area contributed by atoms with Gasteiger partial charge in [0.15, 0.2) is 0 Å². The highest BCUT2D eigenvalue weighted by Gasteiger charge is 2.37. The average Bonchev–Trinajstić information content (AvgIpc) is 2.35. The van der Waals surface area contributed by atoms with Gasteiger partial charge in [-0.25, -0.2) is 4.79 Å². The summed E-state index contributed by atoms with van der Waals surface area (Å²) in [6.45, 7) is 8.83. The van der Waals surface area contributed by atoms with Crippen molar-refractivity contribution in [2.75, 3.05) is 6.54 Å². The first-order chi connectivity index (χ1) is 9.76. The SMILES string of the molecule is CC(C)CN(C(=O)NC1(CC(=O)O)CCCCC1)C(C)C. The Morgan fingerprint density at radius 2 is 1.71 bits per heavy atom. The molecule has 0 unspecified atom stereocenters. The molecule has 1 saturated carbocycles. The Balaban J connectivity index is 2.80. The van der Waals surface area contributed by atoms with Crippen molar-refractivity contribution in [2.45, 2.75) is 77.8 Å². The molecule has 0 aromatic carbocycles. The number of urea groups is 1. The lowest BCUT2D eigenvalue weighted by Crippen LogP contribution is -2.56. The Morgan fingerprint density at radius 3 is 2.14 bits per heavy atom. The molecule has 0 radical (unpaired) electrons. The van der Waals surface area contributed by atoms with Crippen molar-refractivity contribution in [2.24, 2.45) is 5.92 Å². The van der Waals surface area contributed by atoms with Crippen LogP contribution in [0.4, 0.5) is 4.79 Å². The van der Waals surface area contributed by atoms with Crippen LogP contribution >= 0.6 is 0 Å². The van der Waals surface area contributed by atoms with E-state index in [-0.39, 0.29) is 18.5 Å². The molecule has 0 aromatic rings.